The smallest absolute Gasteiger partial charge is 0.393 e. The van der Waals surface area contributed by atoms with Crippen LogP contribution in [0.15, 0.2) is 66.5 Å². The number of Topliss-reactive ketones (excluding diaryl/α,β-unsaturated/α-hetero) is 1. The van der Waals surface area contributed by atoms with Gasteiger partial charge in [-0.05, 0) is 66.9 Å². The summed E-state index contributed by atoms with van der Waals surface area (Å²) in [7, 11) is 0. The van der Waals surface area contributed by atoms with E-state index in [9.17, 15) is 38.1 Å². The molecule has 3 N–H and O–H groups in total. The van der Waals surface area contributed by atoms with E-state index in [0.29, 0.717) is 30.4 Å². The number of aliphatic hydroxyl groups is 3. The number of fused-ring (bicyclic) bond motifs is 7. The first-order chi connectivity index (χ1) is 21.8. The minimum Gasteiger partial charge on any atom is -0.393 e. The highest BCUT2D eigenvalue weighted by molar-refractivity contribution is 6.01. The third kappa shape index (κ3) is 4.38. The van der Waals surface area contributed by atoms with Crippen LogP contribution in [0, 0.1) is 28.6 Å². The molecule has 46 heavy (non-hydrogen) atoms. The number of ketones is 2. The number of hydrogen-bond acceptors (Lipinski definition) is 7. The Hall–Kier alpha value is -3.09. The van der Waals surface area contributed by atoms with E-state index >= 15 is 0 Å². The van der Waals surface area contributed by atoms with Crippen molar-refractivity contribution in [2.75, 3.05) is 6.61 Å². The van der Waals surface area contributed by atoms with E-state index in [2.05, 4.69) is 6.92 Å². The molecule has 2 aromatic rings. The molecule has 0 amide bonds. The summed E-state index contributed by atoms with van der Waals surface area (Å²) >= 11 is 0. The number of nitrogens with zero attached hydrogens (tertiary/aromatic N) is 1. The summed E-state index contributed by atoms with van der Waals surface area (Å²) < 4.78 is 57.2. The van der Waals surface area contributed by atoms with Crippen LogP contribution >= 0.6 is 0 Å². The molecule has 7 rings (SSSR count). The molecule has 0 radical (unpaired) electrons. The maximum atomic E-state index is 14.4. The van der Waals surface area contributed by atoms with E-state index in [-0.39, 0.29) is 35.5 Å². The second-order valence-corrected chi connectivity index (χ2v) is 14.1. The molecule has 8 nitrogen and oxygen atoms in total. The van der Waals surface area contributed by atoms with Crippen molar-refractivity contribution in [2.24, 2.45) is 28.6 Å². The van der Waals surface area contributed by atoms with E-state index in [0.717, 1.165) is 10.1 Å². The molecule has 1 aromatic heterocycles. The number of allylic oxidation sites excluding steroid dienone is 4. The van der Waals surface area contributed by atoms with Crippen LogP contribution in [0.25, 0.3) is 0 Å². The van der Waals surface area contributed by atoms with Crippen LogP contribution in [0.3, 0.4) is 0 Å². The number of halogens is 3. The highest BCUT2D eigenvalue weighted by Crippen LogP contribution is 2.70. The third-order valence-electron chi connectivity index (χ3n) is 11.9. The van der Waals surface area contributed by atoms with E-state index in [1.165, 1.54) is 36.7 Å². The van der Waals surface area contributed by atoms with Gasteiger partial charge >= 0.3 is 6.18 Å². The predicted octanol–water partition coefficient (Wildman–Crippen LogP) is 4.73. The molecule has 3 saturated carbocycles. The van der Waals surface area contributed by atoms with Gasteiger partial charge in [-0.2, -0.15) is 13.2 Å². The molecular formula is C35H38F3NO7. The lowest BCUT2D eigenvalue weighted by atomic mass is 9.46. The van der Waals surface area contributed by atoms with Crippen LogP contribution < -0.4 is 0 Å². The average molecular weight is 642 g/mol. The fourth-order valence-electron chi connectivity index (χ4n) is 9.96. The van der Waals surface area contributed by atoms with Crippen molar-refractivity contribution in [3.05, 3.63) is 83.2 Å². The molecule has 11 heteroatoms. The van der Waals surface area contributed by atoms with Crippen molar-refractivity contribution in [3.63, 3.8) is 0 Å². The van der Waals surface area contributed by atoms with Crippen molar-refractivity contribution in [1.29, 1.82) is 0 Å². The van der Waals surface area contributed by atoms with Crippen LogP contribution in [0.1, 0.15) is 68.6 Å². The lowest BCUT2D eigenvalue weighted by Gasteiger charge is -2.59. The van der Waals surface area contributed by atoms with Gasteiger partial charge in [0.05, 0.1) is 18.8 Å². The number of ether oxygens (including phenoxy) is 2. The van der Waals surface area contributed by atoms with E-state index in [1.54, 1.807) is 18.2 Å². The number of carbonyl (C=O) groups excluding carboxylic acids is 2. The summed E-state index contributed by atoms with van der Waals surface area (Å²) in [6.07, 6.45) is 2.27. The van der Waals surface area contributed by atoms with Crippen molar-refractivity contribution in [1.82, 2.24) is 4.57 Å². The van der Waals surface area contributed by atoms with Gasteiger partial charge in [0.25, 0.3) is 0 Å². The summed E-state index contributed by atoms with van der Waals surface area (Å²) in [5.41, 5.74) is -1.46. The zero-order valence-corrected chi connectivity index (χ0v) is 25.6. The topological polar surface area (TPSA) is 118 Å². The molecule has 0 unspecified atom stereocenters. The highest BCUT2D eigenvalue weighted by Gasteiger charge is 2.76. The Morgan fingerprint density at radius 2 is 1.98 bits per heavy atom. The minimum absolute atomic E-state index is 0.0170. The standard InChI is InChI=1S/C35H38F3NO7/c1-32-10-8-23(42)13-22(32)6-7-24-25-14-28-34(27(44)18-41,33(25,2)15-26(43)29(24)32)46-31(45-28)21-9-11-39(16-21)30(35(36,37)38)20-5-3-4-19(12-20)17-40/h3-5,8-13,16,24-26,28-31,40-41,43H,6-7,14-15,17-18H2,1-2H3/t24-,25-,26-,28+,29+,30+,31+,32-,33-,34+/m0/s1. The van der Waals surface area contributed by atoms with Gasteiger partial charge in [0.2, 0.25) is 0 Å². The molecule has 246 valence electrons. The van der Waals surface area contributed by atoms with Crippen molar-refractivity contribution < 1.29 is 47.6 Å². The molecule has 1 saturated heterocycles. The number of aromatic nitrogens is 1. The van der Waals surface area contributed by atoms with Gasteiger partial charge in [-0.15, -0.1) is 0 Å². The SMILES string of the molecule is C[C@]12C=CC(=O)C=C1CC[C@@H]1[C@@H]2[C@@H](O)C[C@@]2(C)[C@H]1C[C@H]1O[C@@H](c3ccn([C@H](c4cccc(CO)c4)C(F)(F)F)c3)O[C@]12C(=O)CO. The average Bonchev–Trinajstić information content (AvgIpc) is 3.69. The van der Waals surface area contributed by atoms with E-state index in [1.807, 2.05) is 13.0 Å². The number of alkyl halides is 3. The zero-order valence-electron chi connectivity index (χ0n) is 25.6. The molecule has 1 aromatic carbocycles. The Labute approximate surface area is 264 Å². The molecule has 10 atom stereocenters. The lowest BCUT2D eigenvalue weighted by Crippen LogP contribution is -2.63. The maximum Gasteiger partial charge on any atom is 0.413 e. The predicted molar refractivity (Wildman–Crippen MR) is 158 cm³/mol. The van der Waals surface area contributed by atoms with Gasteiger partial charge in [0, 0.05) is 34.7 Å². The number of benzene rings is 1. The summed E-state index contributed by atoms with van der Waals surface area (Å²) in [5, 5.41) is 31.5. The highest BCUT2D eigenvalue weighted by atomic mass is 19.4. The molecular weight excluding hydrogens is 603 g/mol. The number of rotatable bonds is 6. The van der Waals surface area contributed by atoms with E-state index in [4.69, 9.17) is 9.47 Å². The molecule has 2 heterocycles. The Morgan fingerprint density at radius 3 is 2.70 bits per heavy atom. The number of aliphatic hydroxyl groups excluding tert-OH is 3. The second kappa shape index (κ2) is 10.7. The molecule has 4 aliphatic carbocycles. The summed E-state index contributed by atoms with van der Waals surface area (Å²) in [6, 6.07) is 5.11. The molecule has 4 fully saturated rings. The fourth-order valence-corrected chi connectivity index (χ4v) is 9.96. The quantitative estimate of drug-likeness (QED) is 0.417. The minimum atomic E-state index is -4.66. The van der Waals surface area contributed by atoms with Crippen molar-refractivity contribution in [3.8, 4) is 0 Å². The van der Waals surface area contributed by atoms with Gasteiger partial charge in [0.15, 0.2) is 29.5 Å². The van der Waals surface area contributed by atoms with Crippen LogP contribution in [0.4, 0.5) is 13.2 Å². The first-order valence-corrected chi connectivity index (χ1v) is 15.8. The van der Waals surface area contributed by atoms with Crippen molar-refractivity contribution in [2.45, 2.75) is 82.5 Å². The van der Waals surface area contributed by atoms with Crippen LogP contribution in [-0.2, 0) is 25.7 Å². The van der Waals surface area contributed by atoms with Crippen LogP contribution in [0.2, 0.25) is 0 Å². The normalized spacial score (nSPS) is 38.9. The second-order valence-electron chi connectivity index (χ2n) is 14.1. The maximum absolute atomic E-state index is 14.4. The van der Waals surface area contributed by atoms with Crippen LogP contribution in [-0.4, -0.2) is 62.0 Å². The fraction of sp³-hybridized carbons (Fsp3) is 0.543. The Kier molecular flexibility index (Phi) is 7.34. The van der Waals surface area contributed by atoms with Crippen LogP contribution in [0.5, 0.6) is 0 Å². The molecule has 0 spiro atoms. The summed E-state index contributed by atoms with van der Waals surface area (Å²) in [4.78, 5) is 25.9. The zero-order chi connectivity index (χ0) is 32.8. The summed E-state index contributed by atoms with van der Waals surface area (Å²) in [5.74, 6) is -0.953. The van der Waals surface area contributed by atoms with Gasteiger partial charge in [0.1, 0.15) is 6.61 Å². The number of carbonyl (C=O) groups is 2. The monoisotopic (exact) mass is 641 g/mol. The lowest BCUT2D eigenvalue weighted by molar-refractivity contribution is -0.201. The number of hydrogen-bond donors (Lipinski definition) is 3. The van der Waals surface area contributed by atoms with Gasteiger partial charge < -0.3 is 29.4 Å². The van der Waals surface area contributed by atoms with E-state index < -0.39 is 66.1 Å². The van der Waals surface area contributed by atoms with Gasteiger partial charge in [-0.25, -0.2) is 0 Å². The molecule has 5 aliphatic rings. The van der Waals surface area contributed by atoms with Gasteiger partial charge in [-0.3, -0.25) is 9.59 Å². The third-order valence-corrected chi connectivity index (χ3v) is 11.9. The molecule has 1 aliphatic heterocycles. The molecule has 0 bridgehead atoms. The van der Waals surface area contributed by atoms with Gasteiger partial charge in [-0.1, -0.05) is 49.8 Å². The first kappa shape index (κ1) is 31.5. The first-order valence-electron chi connectivity index (χ1n) is 15.8. The largest absolute Gasteiger partial charge is 0.413 e. The Bertz CT molecular complexity index is 1630. The summed E-state index contributed by atoms with van der Waals surface area (Å²) in [6.45, 7) is 2.75. The Balaban J connectivity index is 1.21. The van der Waals surface area contributed by atoms with Crippen molar-refractivity contribution >= 4 is 11.6 Å². The Morgan fingerprint density at radius 1 is 1.20 bits per heavy atom.